The van der Waals surface area contributed by atoms with Gasteiger partial charge in [0.05, 0.1) is 19.1 Å². The van der Waals surface area contributed by atoms with Crippen molar-refractivity contribution in [1.29, 1.82) is 0 Å². The minimum absolute atomic E-state index is 0.0836. The van der Waals surface area contributed by atoms with Crippen molar-refractivity contribution in [2.24, 2.45) is 0 Å². The van der Waals surface area contributed by atoms with Gasteiger partial charge in [-0.25, -0.2) is 8.42 Å². The molecule has 0 saturated carbocycles. The van der Waals surface area contributed by atoms with Gasteiger partial charge < -0.3 is 15.0 Å². The molecule has 0 bridgehead atoms. The van der Waals surface area contributed by atoms with E-state index in [1.165, 1.54) is 24.1 Å². The average Bonchev–Trinajstić information content (AvgIpc) is 2.94. The van der Waals surface area contributed by atoms with Crippen LogP contribution in [0, 0.1) is 0 Å². The molecule has 8 nitrogen and oxygen atoms in total. The van der Waals surface area contributed by atoms with Crippen molar-refractivity contribution in [2.45, 2.75) is 45.3 Å². The zero-order valence-corrected chi connectivity index (χ0v) is 26.9. The maximum Gasteiger partial charge on any atom is 0.244 e. The molecule has 3 aromatic carbocycles. The molecule has 0 spiro atoms. The van der Waals surface area contributed by atoms with Gasteiger partial charge in [-0.3, -0.25) is 13.9 Å². The topological polar surface area (TPSA) is 96.0 Å². The van der Waals surface area contributed by atoms with Gasteiger partial charge in [-0.1, -0.05) is 78.1 Å². The Morgan fingerprint density at radius 3 is 2.19 bits per heavy atom. The summed E-state index contributed by atoms with van der Waals surface area (Å²) in [5, 5.41) is 3.83. The van der Waals surface area contributed by atoms with E-state index in [4.69, 9.17) is 39.5 Å². The van der Waals surface area contributed by atoms with Crippen LogP contribution in [-0.4, -0.2) is 57.1 Å². The second-order valence-electron chi connectivity index (χ2n) is 9.83. The summed E-state index contributed by atoms with van der Waals surface area (Å²) in [7, 11) is -2.63. The number of amides is 2. The molecule has 3 aromatic rings. The molecule has 0 aliphatic heterocycles. The lowest BCUT2D eigenvalue weighted by molar-refractivity contribution is -0.140. The van der Waals surface area contributed by atoms with Crippen LogP contribution in [0.5, 0.6) is 5.75 Å². The molecule has 12 heteroatoms. The van der Waals surface area contributed by atoms with E-state index >= 15 is 0 Å². The van der Waals surface area contributed by atoms with Crippen molar-refractivity contribution < 1.29 is 22.7 Å². The number of hydrogen-bond acceptors (Lipinski definition) is 5. The second-order valence-corrected chi connectivity index (χ2v) is 13.0. The number of rotatable bonds is 13. The van der Waals surface area contributed by atoms with Gasteiger partial charge in [0.25, 0.3) is 0 Å². The number of methoxy groups -OCH3 is 1. The number of nitrogens with zero attached hydrogens (tertiary/aromatic N) is 2. The van der Waals surface area contributed by atoms with Crippen molar-refractivity contribution in [3.63, 3.8) is 0 Å². The summed E-state index contributed by atoms with van der Waals surface area (Å²) in [5.74, 6) is -0.844. The van der Waals surface area contributed by atoms with Crippen molar-refractivity contribution in [3.05, 3.63) is 92.9 Å². The molecule has 0 saturated heterocycles. The number of carbonyl (C=O) groups is 2. The van der Waals surface area contributed by atoms with E-state index in [1.807, 2.05) is 44.2 Å². The van der Waals surface area contributed by atoms with Gasteiger partial charge in [0, 0.05) is 39.6 Å². The average molecular weight is 655 g/mol. The third-order valence-corrected chi connectivity index (χ3v) is 8.82. The molecule has 0 unspecified atom stereocenters. The summed E-state index contributed by atoms with van der Waals surface area (Å²) in [6, 6.07) is 17.5. The summed E-state index contributed by atoms with van der Waals surface area (Å²) < 4.78 is 32.4. The minimum Gasteiger partial charge on any atom is -0.495 e. The van der Waals surface area contributed by atoms with Crippen LogP contribution in [-0.2, 0) is 32.6 Å². The quantitative estimate of drug-likeness (QED) is 0.245. The molecule has 0 fully saturated rings. The summed E-state index contributed by atoms with van der Waals surface area (Å²) in [4.78, 5) is 29.4. The van der Waals surface area contributed by atoms with E-state index in [-0.39, 0.29) is 35.5 Å². The highest BCUT2D eigenvalue weighted by molar-refractivity contribution is 7.92. The molecular weight excluding hydrogens is 621 g/mol. The van der Waals surface area contributed by atoms with Gasteiger partial charge in [0.2, 0.25) is 21.8 Å². The Balaban J connectivity index is 2.15. The zero-order chi connectivity index (χ0) is 31.0. The van der Waals surface area contributed by atoms with Crippen molar-refractivity contribution in [1.82, 2.24) is 10.2 Å². The molecule has 0 aromatic heterocycles. The molecule has 0 heterocycles. The smallest absolute Gasteiger partial charge is 0.244 e. The normalized spacial score (nSPS) is 12.7. The van der Waals surface area contributed by atoms with E-state index in [0.29, 0.717) is 22.0 Å². The first-order valence-electron chi connectivity index (χ1n) is 13.2. The van der Waals surface area contributed by atoms with E-state index < -0.39 is 34.4 Å². The number of nitrogens with one attached hydrogen (secondary N) is 1. The molecule has 2 amide bonds. The number of benzene rings is 3. The van der Waals surface area contributed by atoms with Crippen LogP contribution in [0.2, 0.25) is 15.1 Å². The second kappa shape index (κ2) is 15.0. The van der Waals surface area contributed by atoms with Gasteiger partial charge in [-0.05, 0) is 49.2 Å². The highest BCUT2D eigenvalue weighted by Gasteiger charge is 2.34. The van der Waals surface area contributed by atoms with E-state index in [0.717, 1.165) is 16.1 Å². The van der Waals surface area contributed by atoms with Crippen LogP contribution in [0.4, 0.5) is 5.69 Å². The number of carbonyl (C=O) groups excluding carboxylic acids is 2. The highest BCUT2D eigenvalue weighted by Crippen LogP contribution is 2.33. The van der Waals surface area contributed by atoms with Crippen LogP contribution in [0.15, 0.2) is 66.7 Å². The van der Waals surface area contributed by atoms with E-state index in [9.17, 15) is 18.0 Å². The Hall–Kier alpha value is -2.98. The Bertz CT molecular complexity index is 1490. The molecule has 0 aliphatic rings. The van der Waals surface area contributed by atoms with Crippen LogP contribution in [0.25, 0.3) is 0 Å². The highest BCUT2D eigenvalue weighted by atomic mass is 35.5. The third-order valence-electron chi connectivity index (χ3n) is 6.75. The molecular formula is C30H34Cl3N3O5S. The lowest BCUT2D eigenvalue weighted by Gasteiger charge is -2.34. The maximum absolute atomic E-state index is 14.3. The Morgan fingerprint density at radius 1 is 0.976 bits per heavy atom. The van der Waals surface area contributed by atoms with Gasteiger partial charge in [0.15, 0.2) is 0 Å². The van der Waals surface area contributed by atoms with Gasteiger partial charge >= 0.3 is 0 Å². The molecule has 3 rings (SSSR count). The predicted octanol–water partition coefficient (Wildman–Crippen LogP) is 5.98. The SMILES string of the molecule is CC[C@H](C)NC(=O)[C@@H](Cc1ccccc1)N(Cc1c(Cl)cccc1Cl)C(=O)CN(c1cc(Cl)ccc1OC)S(C)(=O)=O. The number of sulfonamides is 1. The molecule has 0 aliphatic carbocycles. The third kappa shape index (κ3) is 8.77. The van der Waals surface area contributed by atoms with Crippen molar-refractivity contribution >= 4 is 62.3 Å². The zero-order valence-electron chi connectivity index (χ0n) is 23.8. The van der Waals surface area contributed by atoms with Gasteiger partial charge in [-0.15, -0.1) is 0 Å². The first kappa shape index (κ1) is 33.5. The first-order valence-corrected chi connectivity index (χ1v) is 16.2. The monoisotopic (exact) mass is 653 g/mol. The van der Waals surface area contributed by atoms with Gasteiger partial charge in [-0.2, -0.15) is 0 Å². The Morgan fingerprint density at radius 2 is 1.62 bits per heavy atom. The van der Waals surface area contributed by atoms with Crippen molar-refractivity contribution in [3.8, 4) is 5.75 Å². The van der Waals surface area contributed by atoms with E-state index in [2.05, 4.69) is 5.32 Å². The summed E-state index contributed by atoms with van der Waals surface area (Å²) in [6.45, 7) is 3.02. The number of anilines is 1. The minimum atomic E-state index is -4.02. The number of halogens is 3. The molecule has 226 valence electrons. The molecule has 1 N–H and O–H groups in total. The molecule has 42 heavy (non-hydrogen) atoms. The Kier molecular flexibility index (Phi) is 11.9. The molecule has 2 atom stereocenters. The van der Waals surface area contributed by atoms with Crippen LogP contribution in [0.1, 0.15) is 31.4 Å². The number of hydrogen-bond donors (Lipinski definition) is 1. The predicted molar refractivity (Wildman–Crippen MR) is 169 cm³/mol. The fourth-order valence-electron chi connectivity index (χ4n) is 4.30. The number of ether oxygens (including phenoxy) is 1. The van der Waals surface area contributed by atoms with Crippen LogP contribution < -0.4 is 14.4 Å². The van der Waals surface area contributed by atoms with E-state index in [1.54, 1.807) is 24.3 Å². The first-order chi connectivity index (χ1) is 19.8. The molecule has 0 radical (unpaired) electrons. The van der Waals surface area contributed by atoms with Crippen LogP contribution >= 0.6 is 34.8 Å². The lowest BCUT2D eigenvalue weighted by Crippen LogP contribution is -2.54. The fraction of sp³-hybridized carbons (Fsp3) is 0.333. The summed E-state index contributed by atoms with van der Waals surface area (Å²) >= 11 is 19.2. The van der Waals surface area contributed by atoms with Gasteiger partial charge in [0.1, 0.15) is 18.3 Å². The van der Waals surface area contributed by atoms with Crippen molar-refractivity contribution in [2.75, 3.05) is 24.2 Å². The fourth-order valence-corrected chi connectivity index (χ4v) is 5.83. The Labute approximate surface area is 262 Å². The summed E-state index contributed by atoms with van der Waals surface area (Å²) in [5.41, 5.74) is 1.32. The maximum atomic E-state index is 14.3. The largest absolute Gasteiger partial charge is 0.495 e. The standard InChI is InChI=1S/C30H34Cl3N3O5S/c1-5-20(2)34-30(38)27(16-21-10-7-6-8-11-21)35(18-23-24(32)12-9-13-25(23)33)29(37)19-36(42(4,39)40)26-17-22(31)14-15-28(26)41-3/h6-15,17,20,27H,5,16,18-19H2,1-4H3,(H,34,38)/t20-,27+/m0/s1. The van der Waals surface area contributed by atoms with Crippen LogP contribution in [0.3, 0.4) is 0 Å². The lowest BCUT2D eigenvalue weighted by atomic mass is 10.0. The summed E-state index contributed by atoms with van der Waals surface area (Å²) in [6.07, 6.45) is 1.81.